The van der Waals surface area contributed by atoms with Crippen LogP contribution in [0.25, 0.3) is 0 Å². The summed E-state index contributed by atoms with van der Waals surface area (Å²) in [6.45, 7) is 1.33. The molecule has 4 nitrogen and oxygen atoms in total. The third kappa shape index (κ3) is 3.18. The van der Waals surface area contributed by atoms with Crippen LogP contribution in [0.2, 0.25) is 0 Å². The van der Waals surface area contributed by atoms with Crippen molar-refractivity contribution in [2.24, 2.45) is 0 Å². The van der Waals surface area contributed by atoms with Gasteiger partial charge in [-0.05, 0) is 31.2 Å². The minimum Gasteiger partial charge on any atom is -0.497 e. The van der Waals surface area contributed by atoms with Gasteiger partial charge in [0, 0.05) is 6.07 Å². The molecule has 0 heterocycles. The van der Waals surface area contributed by atoms with Crippen molar-refractivity contribution >= 4 is 5.78 Å². The first-order valence-electron chi connectivity index (χ1n) is 6.11. The first kappa shape index (κ1) is 14.5. The molecule has 0 unspecified atom stereocenters. The lowest BCUT2D eigenvalue weighted by Crippen LogP contribution is -2.00. The molecular formula is C16H12FNO3. The number of methoxy groups -OCH3 is 1. The van der Waals surface area contributed by atoms with Crippen molar-refractivity contribution in [2.45, 2.75) is 6.92 Å². The maximum Gasteiger partial charge on any atom is 0.173 e. The number of nitriles is 1. The number of rotatable bonds is 4. The third-order valence-electron chi connectivity index (χ3n) is 2.81. The van der Waals surface area contributed by atoms with Crippen LogP contribution in [0.3, 0.4) is 0 Å². The highest BCUT2D eigenvalue weighted by molar-refractivity contribution is 5.96. The van der Waals surface area contributed by atoms with Crippen LogP contribution in [0, 0.1) is 17.1 Å². The molecule has 0 aliphatic rings. The van der Waals surface area contributed by atoms with E-state index in [4.69, 9.17) is 14.7 Å². The highest BCUT2D eigenvalue weighted by atomic mass is 19.1. The fourth-order valence-corrected chi connectivity index (χ4v) is 1.82. The summed E-state index contributed by atoms with van der Waals surface area (Å²) in [5.41, 5.74) is 0.446. The Kier molecular flexibility index (Phi) is 4.19. The van der Waals surface area contributed by atoms with E-state index in [1.165, 1.54) is 50.4 Å². The van der Waals surface area contributed by atoms with Crippen molar-refractivity contribution < 1.29 is 18.7 Å². The first-order valence-corrected chi connectivity index (χ1v) is 6.11. The maximum atomic E-state index is 13.9. The Morgan fingerprint density at radius 2 is 1.95 bits per heavy atom. The van der Waals surface area contributed by atoms with Crippen molar-refractivity contribution in [3.05, 3.63) is 53.3 Å². The molecular weight excluding hydrogens is 273 g/mol. The molecule has 0 atom stereocenters. The van der Waals surface area contributed by atoms with Gasteiger partial charge in [0.2, 0.25) is 0 Å². The Balaban J connectivity index is 2.48. The summed E-state index contributed by atoms with van der Waals surface area (Å²) in [5.74, 6) is -0.498. The van der Waals surface area contributed by atoms with Crippen LogP contribution in [0.1, 0.15) is 22.8 Å². The van der Waals surface area contributed by atoms with E-state index in [0.29, 0.717) is 11.3 Å². The maximum absolute atomic E-state index is 13.9. The summed E-state index contributed by atoms with van der Waals surface area (Å²) in [6.07, 6.45) is 0. The number of benzene rings is 2. The molecule has 21 heavy (non-hydrogen) atoms. The predicted octanol–water partition coefficient (Wildman–Crippen LogP) is 3.70. The second-order valence-electron chi connectivity index (χ2n) is 4.28. The molecule has 0 aliphatic heterocycles. The highest BCUT2D eigenvalue weighted by Gasteiger charge is 2.15. The van der Waals surface area contributed by atoms with Crippen LogP contribution in [-0.2, 0) is 0 Å². The van der Waals surface area contributed by atoms with Gasteiger partial charge in [-0.3, -0.25) is 4.79 Å². The molecule has 0 aromatic heterocycles. The summed E-state index contributed by atoms with van der Waals surface area (Å²) in [7, 11) is 1.45. The van der Waals surface area contributed by atoms with Gasteiger partial charge in [-0.15, -0.1) is 0 Å². The van der Waals surface area contributed by atoms with Crippen molar-refractivity contribution in [2.75, 3.05) is 7.11 Å². The van der Waals surface area contributed by atoms with E-state index in [1.807, 2.05) is 6.07 Å². The lowest BCUT2D eigenvalue weighted by molar-refractivity contribution is 0.101. The van der Waals surface area contributed by atoms with Crippen molar-refractivity contribution in [1.29, 1.82) is 5.26 Å². The molecule has 5 heteroatoms. The van der Waals surface area contributed by atoms with Gasteiger partial charge in [-0.1, -0.05) is 6.07 Å². The number of hydrogen-bond donors (Lipinski definition) is 0. The Morgan fingerprint density at radius 1 is 1.24 bits per heavy atom. The lowest BCUT2D eigenvalue weighted by Gasteiger charge is -2.11. The Hall–Kier alpha value is -2.87. The minimum absolute atomic E-state index is 0.135. The summed E-state index contributed by atoms with van der Waals surface area (Å²) >= 11 is 0. The molecule has 0 bridgehead atoms. The van der Waals surface area contributed by atoms with E-state index >= 15 is 0 Å². The Morgan fingerprint density at radius 3 is 2.57 bits per heavy atom. The van der Waals surface area contributed by atoms with Gasteiger partial charge in [-0.2, -0.15) is 5.26 Å². The largest absolute Gasteiger partial charge is 0.497 e. The van der Waals surface area contributed by atoms with Gasteiger partial charge in [0.1, 0.15) is 11.5 Å². The molecule has 0 saturated heterocycles. The molecule has 2 aromatic rings. The smallest absolute Gasteiger partial charge is 0.173 e. The van der Waals surface area contributed by atoms with E-state index in [-0.39, 0.29) is 22.8 Å². The second kappa shape index (κ2) is 6.06. The van der Waals surface area contributed by atoms with Gasteiger partial charge in [0.05, 0.1) is 24.3 Å². The number of hydrogen-bond acceptors (Lipinski definition) is 4. The predicted molar refractivity (Wildman–Crippen MR) is 74.2 cm³/mol. The normalized spacial score (nSPS) is 9.81. The number of nitrogens with zero attached hydrogens (tertiary/aromatic N) is 1. The summed E-state index contributed by atoms with van der Waals surface area (Å²) < 4.78 is 24.4. The molecule has 106 valence electrons. The van der Waals surface area contributed by atoms with E-state index in [9.17, 15) is 9.18 Å². The van der Waals surface area contributed by atoms with Crippen LogP contribution in [-0.4, -0.2) is 12.9 Å². The molecule has 2 aromatic carbocycles. The van der Waals surface area contributed by atoms with Crippen LogP contribution in [0.4, 0.5) is 4.39 Å². The second-order valence-corrected chi connectivity index (χ2v) is 4.28. The van der Waals surface area contributed by atoms with Gasteiger partial charge in [0.15, 0.2) is 17.3 Å². The molecule has 0 N–H and O–H groups in total. The SMILES string of the molecule is COc1cc(C#N)cc(Oc2c(F)cccc2C(C)=O)c1. The van der Waals surface area contributed by atoms with Crippen LogP contribution < -0.4 is 9.47 Å². The van der Waals surface area contributed by atoms with Crippen molar-refractivity contribution in [3.63, 3.8) is 0 Å². The monoisotopic (exact) mass is 285 g/mol. The lowest BCUT2D eigenvalue weighted by atomic mass is 10.1. The Bertz CT molecular complexity index is 735. The number of Topliss-reactive ketones (excluding diaryl/α,β-unsaturated/α-hetero) is 1. The zero-order valence-corrected chi connectivity index (χ0v) is 11.5. The number of ether oxygens (including phenoxy) is 2. The molecule has 0 saturated carbocycles. The van der Waals surface area contributed by atoms with E-state index in [2.05, 4.69) is 0 Å². The van der Waals surface area contributed by atoms with Gasteiger partial charge in [0.25, 0.3) is 0 Å². The third-order valence-corrected chi connectivity index (χ3v) is 2.81. The van der Waals surface area contributed by atoms with Gasteiger partial charge < -0.3 is 9.47 Å². The standard InChI is InChI=1S/C16H12FNO3/c1-10(19)14-4-3-5-15(17)16(14)21-13-7-11(9-18)6-12(8-13)20-2/h3-8H,1-2H3. The minimum atomic E-state index is -0.649. The van der Waals surface area contributed by atoms with Crippen molar-refractivity contribution in [3.8, 4) is 23.3 Å². The number of ketones is 1. The fourth-order valence-electron chi connectivity index (χ4n) is 1.82. The van der Waals surface area contributed by atoms with E-state index < -0.39 is 5.82 Å². The molecule has 0 fully saturated rings. The molecule has 0 amide bonds. The Labute approximate surface area is 121 Å². The average molecular weight is 285 g/mol. The van der Waals surface area contributed by atoms with Crippen LogP contribution in [0.5, 0.6) is 17.2 Å². The van der Waals surface area contributed by atoms with Crippen LogP contribution in [0.15, 0.2) is 36.4 Å². The number of halogens is 1. The summed E-state index contributed by atoms with van der Waals surface area (Å²) in [4.78, 5) is 11.5. The molecule has 2 rings (SSSR count). The topological polar surface area (TPSA) is 59.3 Å². The highest BCUT2D eigenvalue weighted by Crippen LogP contribution is 2.31. The molecule has 0 aliphatic carbocycles. The number of carbonyl (C=O) groups excluding carboxylic acids is 1. The number of carbonyl (C=O) groups is 1. The fraction of sp³-hybridized carbons (Fsp3) is 0.125. The summed E-state index contributed by atoms with van der Waals surface area (Å²) in [6, 6.07) is 10.6. The molecule has 0 radical (unpaired) electrons. The van der Waals surface area contributed by atoms with Crippen LogP contribution >= 0.6 is 0 Å². The van der Waals surface area contributed by atoms with Gasteiger partial charge >= 0.3 is 0 Å². The first-order chi connectivity index (χ1) is 10.0. The van der Waals surface area contributed by atoms with E-state index in [0.717, 1.165) is 0 Å². The van der Waals surface area contributed by atoms with Crippen molar-refractivity contribution in [1.82, 2.24) is 0 Å². The van der Waals surface area contributed by atoms with E-state index in [1.54, 1.807) is 0 Å². The summed E-state index contributed by atoms with van der Waals surface area (Å²) in [5, 5.41) is 8.96. The number of para-hydroxylation sites is 1. The zero-order valence-electron chi connectivity index (χ0n) is 11.5. The van der Waals surface area contributed by atoms with Gasteiger partial charge in [-0.25, -0.2) is 4.39 Å². The molecule has 0 spiro atoms. The zero-order chi connectivity index (χ0) is 15.4. The average Bonchev–Trinajstić information content (AvgIpc) is 2.48. The quantitative estimate of drug-likeness (QED) is 0.804.